The van der Waals surface area contributed by atoms with Gasteiger partial charge in [-0.1, -0.05) is 84.3 Å². The van der Waals surface area contributed by atoms with Crippen molar-refractivity contribution in [1.82, 2.24) is 0 Å². The average molecular weight is 363 g/mol. The summed E-state index contributed by atoms with van der Waals surface area (Å²) in [5, 5.41) is 0. The SMILES string of the molecule is CCCCCCCCOC(=O)c1ccccc1OCC(CC)CCCC. The van der Waals surface area contributed by atoms with Gasteiger partial charge in [-0.2, -0.15) is 0 Å². The highest BCUT2D eigenvalue weighted by Crippen LogP contribution is 2.22. The van der Waals surface area contributed by atoms with Crippen LogP contribution in [0.3, 0.4) is 0 Å². The van der Waals surface area contributed by atoms with Gasteiger partial charge in [-0.25, -0.2) is 4.79 Å². The molecule has 1 aromatic rings. The predicted molar refractivity (Wildman–Crippen MR) is 109 cm³/mol. The molecule has 3 nitrogen and oxygen atoms in total. The molecule has 0 aliphatic carbocycles. The second kappa shape index (κ2) is 14.6. The quantitative estimate of drug-likeness (QED) is 0.254. The van der Waals surface area contributed by atoms with E-state index in [4.69, 9.17) is 9.47 Å². The van der Waals surface area contributed by atoms with Crippen LogP contribution in [0.2, 0.25) is 0 Å². The van der Waals surface area contributed by atoms with Crippen molar-refractivity contribution < 1.29 is 14.3 Å². The number of carbonyl (C=O) groups excluding carboxylic acids is 1. The molecule has 0 amide bonds. The van der Waals surface area contributed by atoms with Gasteiger partial charge in [0.2, 0.25) is 0 Å². The molecular formula is C23H38O3. The van der Waals surface area contributed by atoms with Gasteiger partial charge in [0.25, 0.3) is 0 Å². The van der Waals surface area contributed by atoms with E-state index in [9.17, 15) is 4.79 Å². The van der Waals surface area contributed by atoms with Gasteiger partial charge in [-0.05, 0) is 30.9 Å². The fourth-order valence-electron chi connectivity index (χ4n) is 2.99. The molecule has 0 bridgehead atoms. The largest absolute Gasteiger partial charge is 0.492 e. The highest BCUT2D eigenvalue weighted by atomic mass is 16.5. The van der Waals surface area contributed by atoms with Gasteiger partial charge in [0, 0.05) is 0 Å². The summed E-state index contributed by atoms with van der Waals surface area (Å²) in [5.41, 5.74) is 0.545. The van der Waals surface area contributed by atoms with Gasteiger partial charge in [-0.15, -0.1) is 0 Å². The maximum Gasteiger partial charge on any atom is 0.341 e. The van der Waals surface area contributed by atoms with Crippen molar-refractivity contribution in [3.63, 3.8) is 0 Å². The third kappa shape index (κ3) is 9.26. The molecule has 1 rings (SSSR count). The lowest BCUT2D eigenvalue weighted by Crippen LogP contribution is -2.14. The second-order valence-electron chi connectivity index (χ2n) is 7.13. The number of ether oxygens (including phenoxy) is 2. The van der Waals surface area contributed by atoms with Crippen molar-refractivity contribution in [1.29, 1.82) is 0 Å². The van der Waals surface area contributed by atoms with Gasteiger partial charge in [-0.3, -0.25) is 0 Å². The number of carbonyl (C=O) groups is 1. The van der Waals surface area contributed by atoms with Crippen LogP contribution in [0.15, 0.2) is 24.3 Å². The molecule has 0 radical (unpaired) electrons. The molecule has 0 saturated heterocycles. The predicted octanol–water partition coefficient (Wildman–Crippen LogP) is 6.80. The Morgan fingerprint density at radius 2 is 1.62 bits per heavy atom. The minimum atomic E-state index is -0.268. The van der Waals surface area contributed by atoms with E-state index in [1.165, 1.54) is 44.9 Å². The fourth-order valence-corrected chi connectivity index (χ4v) is 2.99. The van der Waals surface area contributed by atoms with E-state index < -0.39 is 0 Å². The Bertz CT molecular complexity index is 484. The van der Waals surface area contributed by atoms with E-state index in [-0.39, 0.29) is 5.97 Å². The number of esters is 1. The minimum absolute atomic E-state index is 0.268. The lowest BCUT2D eigenvalue weighted by molar-refractivity contribution is 0.0492. The molecule has 0 spiro atoms. The summed E-state index contributed by atoms with van der Waals surface area (Å²) >= 11 is 0. The van der Waals surface area contributed by atoms with Gasteiger partial charge >= 0.3 is 5.97 Å². The fraction of sp³-hybridized carbons (Fsp3) is 0.696. The van der Waals surface area contributed by atoms with Crippen LogP contribution in [-0.2, 0) is 4.74 Å². The number of rotatable bonds is 15. The summed E-state index contributed by atoms with van der Waals surface area (Å²) in [4.78, 5) is 12.4. The zero-order valence-electron chi connectivity index (χ0n) is 17.1. The molecule has 0 aromatic heterocycles. The highest BCUT2D eigenvalue weighted by Gasteiger charge is 2.15. The number of hydrogen-bond donors (Lipinski definition) is 0. The first kappa shape index (κ1) is 22.5. The van der Waals surface area contributed by atoms with E-state index in [1.807, 2.05) is 18.2 Å². The molecule has 1 atom stereocenters. The Labute approximate surface area is 160 Å². The van der Waals surface area contributed by atoms with Crippen LogP contribution in [0.1, 0.15) is 95.3 Å². The summed E-state index contributed by atoms with van der Waals surface area (Å²) in [5.74, 6) is 0.924. The molecule has 26 heavy (non-hydrogen) atoms. The van der Waals surface area contributed by atoms with Crippen molar-refractivity contribution >= 4 is 5.97 Å². The number of hydrogen-bond acceptors (Lipinski definition) is 3. The van der Waals surface area contributed by atoms with Crippen molar-refractivity contribution in [3.05, 3.63) is 29.8 Å². The molecule has 0 fully saturated rings. The van der Waals surface area contributed by atoms with Crippen LogP contribution in [0, 0.1) is 5.92 Å². The van der Waals surface area contributed by atoms with Crippen LogP contribution in [-0.4, -0.2) is 19.2 Å². The number of para-hydroxylation sites is 1. The summed E-state index contributed by atoms with van der Waals surface area (Å²) in [6.45, 7) is 7.78. The first-order valence-corrected chi connectivity index (χ1v) is 10.6. The molecule has 0 heterocycles. The van der Waals surface area contributed by atoms with Crippen LogP contribution in [0.25, 0.3) is 0 Å². The third-order valence-electron chi connectivity index (χ3n) is 4.86. The van der Waals surface area contributed by atoms with E-state index in [2.05, 4.69) is 20.8 Å². The van der Waals surface area contributed by atoms with E-state index in [1.54, 1.807) is 6.07 Å². The highest BCUT2D eigenvalue weighted by molar-refractivity contribution is 5.92. The summed E-state index contributed by atoms with van der Waals surface area (Å²) in [6.07, 6.45) is 11.8. The van der Waals surface area contributed by atoms with Crippen molar-refractivity contribution in [2.45, 2.75) is 85.0 Å². The lowest BCUT2D eigenvalue weighted by Gasteiger charge is -2.17. The zero-order valence-corrected chi connectivity index (χ0v) is 17.1. The van der Waals surface area contributed by atoms with Gasteiger partial charge < -0.3 is 9.47 Å². The van der Waals surface area contributed by atoms with Crippen LogP contribution >= 0.6 is 0 Å². The average Bonchev–Trinajstić information content (AvgIpc) is 2.67. The van der Waals surface area contributed by atoms with E-state index in [0.29, 0.717) is 30.4 Å². The Hall–Kier alpha value is -1.51. The van der Waals surface area contributed by atoms with Crippen molar-refractivity contribution in [3.8, 4) is 5.75 Å². The monoisotopic (exact) mass is 362 g/mol. The molecule has 1 aromatic carbocycles. The maximum atomic E-state index is 12.4. The molecule has 1 unspecified atom stereocenters. The molecule has 148 valence electrons. The topological polar surface area (TPSA) is 35.5 Å². The smallest absolute Gasteiger partial charge is 0.341 e. The summed E-state index contributed by atoms with van der Waals surface area (Å²) in [6, 6.07) is 7.44. The third-order valence-corrected chi connectivity index (χ3v) is 4.86. The van der Waals surface area contributed by atoms with Gasteiger partial charge in [0.05, 0.1) is 13.2 Å². The molecule has 0 aliphatic heterocycles. The first-order chi connectivity index (χ1) is 12.7. The molecule has 0 N–H and O–H groups in total. The first-order valence-electron chi connectivity index (χ1n) is 10.6. The molecule has 0 aliphatic rings. The Kier molecular flexibility index (Phi) is 12.7. The normalized spacial score (nSPS) is 12.0. The molecular weight excluding hydrogens is 324 g/mol. The summed E-state index contributed by atoms with van der Waals surface area (Å²) < 4.78 is 11.4. The lowest BCUT2D eigenvalue weighted by atomic mass is 10.0. The van der Waals surface area contributed by atoms with E-state index >= 15 is 0 Å². The number of benzene rings is 1. The van der Waals surface area contributed by atoms with Crippen LogP contribution in [0.5, 0.6) is 5.75 Å². The summed E-state index contributed by atoms with van der Waals surface area (Å²) in [7, 11) is 0. The van der Waals surface area contributed by atoms with Crippen LogP contribution in [0.4, 0.5) is 0 Å². The van der Waals surface area contributed by atoms with Gasteiger partial charge in [0.15, 0.2) is 0 Å². The maximum absolute atomic E-state index is 12.4. The Morgan fingerprint density at radius 1 is 0.923 bits per heavy atom. The van der Waals surface area contributed by atoms with Crippen LogP contribution < -0.4 is 4.74 Å². The molecule has 0 saturated carbocycles. The van der Waals surface area contributed by atoms with Gasteiger partial charge in [0.1, 0.15) is 11.3 Å². The minimum Gasteiger partial charge on any atom is -0.492 e. The standard InChI is InChI=1S/C23H38O3/c1-4-7-9-10-11-14-18-25-23(24)21-16-12-13-17-22(21)26-19-20(6-3)15-8-5-2/h12-13,16-17,20H,4-11,14-15,18-19H2,1-3H3. The zero-order chi connectivity index (χ0) is 19.0. The van der Waals surface area contributed by atoms with Crippen molar-refractivity contribution in [2.75, 3.05) is 13.2 Å². The Morgan fingerprint density at radius 3 is 2.35 bits per heavy atom. The molecule has 3 heteroatoms. The van der Waals surface area contributed by atoms with E-state index in [0.717, 1.165) is 19.3 Å². The van der Waals surface area contributed by atoms with Crippen molar-refractivity contribution in [2.24, 2.45) is 5.92 Å². The number of unbranched alkanes of at least 4 members (excludes halogenated alkanes) is 6. The Balaban J connectivity index is 2.42. The second-order valence-corrected chi connectivity index (χ2v) is 7.13.